The number of nitrogens with zero attached hydrogens (tertiary/aromatic N) is 2. The predicted octanol–water partition coefficient (Wildman–Crippen LogP) is 6.84. The van der Waals surface area contributed by atoms with E-state index in [-0.39, 0.29) is 23.4 Å². The summed E-state index contributed by atoms with van der Waals surface area (Å²) in [5, 5.41) is 3.66. The lowest BCUT2D eigenvalue weighted by atomic mass is 10.1. The standard InChI is InChI=1S/C32H39Cl2N3O4S/c1-7-24(6)35-32(39)29(8-2)36(19-25-13-16-27(33)28(34)18-25)31(38)20-37(30-17-22(4)9-12-23(30)5)42(40,41)26-14-10-21(3)11-15-26/h9-18,24,29H,7-8,19-20H2,1-6H3,(H,35,39)/t24-,29+/m1/s1. The zero-order valence-electron chi connectivity index (χ0n) is 24.9. The van der Waals surface area contributed by atoms with E-state index in [1.807, 2.05) is 46.8 Å². The number of rotatable bonds is 12. The monoisotopic (exact) mass is 631 g/mol. The Hall–Kier alpha value is -3.07. The van der Waals surface area contributed by atoms with Crippen molar-refractivity contribution >= 4 is 50.7 Å². The fraction of sp³-hybridized carbons (Fsp3) is 0.375. The molecule has 0 aromatic heterocycles. The third kappa shape index (κ3) is 8.06. The van der Waals surface area contributed by atoms with Gasteiger partial charge in [0.15, 0.2) is 0 Å². The minimum Gasteiger partial charge on any atom is -0.352 e. The molecule has 0 heterocycles. The molecule has 0 spiro atoms. The number of benzene rings is 3. The zero-order valence-corrected chi connectivity index (χ0v) is 27.3. The van der Waals surface area contributed by atoms with Crippen LogP contribution in [0.1, 0.15) is 55.9 Å². The average molecular weight is 633 g/mol. The van der Waals surface area contributed by atoms with Gasteiger partial charge in [0, 0.05) is 12.6 Å². The number of hydrogen-bond acceptors (Lipinski definition) is 4. The van der Waals surface area contributed by atoms with E-state index >= 15 is 0 Å². The van der Waals surface area contributed by atoms with Crippen molar-refractivity contribution in [2.45, 2.75) is 77.9 Å². The molecule has 0 unspecified atom stereocenters. The lowest BCUT2D eigenvalue weighted by molar-refractivity contribution is -0.140. The Bertz CT molecular complexity index is 1530. The van der Waals surface area contributed by atoms with Crippen LogP contribution in [0.15, 0.2) is 65.6 Å². The van der Waals surface area contributed by atoms with E-state index in [2.05, 4.69) is 5.32 Å². The Morgan fingerprint density at radius 2 is 1.50 bits per heavy atom. The van der Waals surface area contributed by atoms with Gasteiger partial charge < -0.3 is 10.2 Å². The zero-order chi connectivity index (χ0) is 31.2. The first-order chi connectivity index (χ1) is 19.8. The van der Waals surface area contributed by atoms with E-state index in [0.717, 1.165) is 21.9 Å². The normalized spacial score (nSPS) is 12.9. The number of aryl methyl sites for hydroxylation is 3. The molecule has 3 aromatic carbocycles. The van der Waals surface area contributed by atoms with Crippen molar-refractivity contribution in [2.24, 2.45) is 0 Å². The Kier molecular flexibility index (Phi) is 11.5. The minimum atomic E-state index is -4.15. The number of carbonyl (C=O) groups is 2. The van der Waals surface area contributed by atoms with Crippen molar-refractivity contribution in [3.05, 3.63) is 93.0 Å². The second-order valence-corrected chi connectivity index (χ2v) is 13.3. The average Bonchev–Trinajstić information content (AvgIpc) is 2.94. The fourth-order valence-electron chi connectivity index (χ4n) is 4.53. The summed E-state index contributed by atoms with van der Waals surface area (Å²) in [6.07, 6.45) is 1.04. The molecular formula is C32H39Cl2N3O4S. The van der Waals surface area contributed by atoms with Crippen LogP contribution < -0.4 is 9.62 Å². The van der Waals surface area contributed by atoms with E-state index in [1.165, 1.54) is 17.0 Å². The molecule has 0 saturated heterocycles. The number of nitrogens with one attached hydrogen (secondary N) is 1. The number of carbonyl (C=O) groups excluding carboxylic acids is 2. The van der Waals surface area contributed by atoms with Crippen LogP contribution >= 0.6 is 23.2 Å². The molecule has 2 amide bonds. The third-order valence-electron chi connectivity index (χ3n) is 7.25. The molecule has 0 aliphatic heterocycles. The minimum absolute atomic E-state index is 0.0351. The van der Waals surface area contributed by atoms with Gasteiger partial charge >= 0.3 is 0 Å². The number of hydrogen-bond donors (Lipinski definition) is 1. The summed E-state index contributed by atoms with van der Waals surface area (Å²) in [4.78, 5) is 29.2. The van der Waals surface area contributed by atoms with E-state index in [1.54, 1.807) is 43.3 Å². The Morgan fingerprint density at radius 1 is 0.857 bits per heavy atom. The van der Waals surface area contributed by atoms with Crippen molar-refractivity contribution in [3.63, 3.8) is 0 Å². The summed E-state index contributed by atoms with van der Waals surface area (Å²) in [6.45, 7) is 10.8. The highest BCUT2D eigenvalue weighted by atomic mass is 35.5. The third-order valence-corrected chi connectivity index (χ3v) is 9.76. The first kappa shape index (κ1) is 33.4. The van der Waals surface area contributed by atoms with Gasteiger partial charge in [-0.1, -0.05) is 72.9 Å². The Morgan fingerprint density at radius 3 is 2.10 bits per heavy atom. The summed E-state index contributed by atoms with van der Waals surface area (Å²) < 4.78 is 29.4. The van der Waals surface area contributed by atoms with E-state index in [9.17, 15) is 18.0 Å². The van der Waals surface area contributed by atoms with Crippen LogP contribution in [0.25, 0.3) is 0 Å². The van der Waals surface area contributed by atoms with Gasteiger partial charge in [-0.3, -0.25) is 13.9 Å². The van der Waals surface area contributed by atoms with E-state index in [0.29, 0.717) is 33.3 Å². The second-order valence-electron chi connectivity index (χ2n) is 10.6. The molecule has 3 rings (SSSR count). The molecule has 0 aliphatic rings. The summed E-state index contributed by atoms with van der Waals surface area (Å²) in [6, 6.07) is 16.1. The highest BCUT2D eigenvalue weighted by Crippen LogP contribution is 2.29. The largest absolute Gasteiger partial charge is 0.352 e. The molecule has 7 nitrogen and oxygen atoms in total. The summed E-state index contributed by atoms with van der Waals surface area (Å²) >= 11 is 12.4. The lowest BCUT2D eigenvalue weighted by Crippen LogP contribution is -2.53. The van der Waals surface area contributed by atoms with Crippen molar-refractivity contribution in [2.75, 3.05) is 10.8 Å². The van der Waals surface area contributed by atoms with Crippen LogP contribution in [0.5, 0.6) is 0 Å². The molecule has 2 atom stereocenters. The van der Waals surface area contributed by atoms with Crippen LogP contribution in [-0.4, -0.2) is 43.8 Å². The molecule has 42 heavy (non-hydrogen) atoms. The van der Waals surface area contributed by atoms with Crippen molar-refractivity contribution in [3.8, 4) is 0 Å². The number of anilines is 1. The first-order valence-electron chi connectivity index (χ1n) is 14.0. The molecule has 0 aliphatic carbocycles. The van der Waals surface area contributed by atoms with Gasteiger partial charge in [0.25, 0.3) is 10.0 Å². The SMILES string of the molecule is CC[C@@H](C)NC(=O)[C@H](CC)N(Cc1ccc(Cl)c(Cl)c1)C(=O)CN(c1cc(C)ccc1C)S(=O)(=O)c1ccc(C)cc1. The van der Waals surface area contributed by atoms with Crippen LogP contribution in [-0.2, 0) is 26.2 Å². The number of amides is 2. The van der Waals surface area contributed by atoms with Gasteiger partial charge in [-0.15, -0.1) is 0 Å². The quantitative estimate of drug-likeness (QED) is 0.237. The van der Waals surface area contributed by atoms with Gasteiger partial charge in [-0.2, -0.15) is 0 Å². The van der Waals surface area contributed by atoms with Crippen LogP contribution in [0.4, 0.5) is 5.69 Å². The summed E-state index contributed by atoms with van der Waals surface area (Å²) in [7, 11) is -4.15. The van der Waals surface area contributed by atoms with Crippen LogP contribution in [0.3, 0.4) is 0 Å². The van der Waals surface area contributed by atoms with Gasteiger partial charge in [-0.05, 0) is 87.6 Å². The van der Waals surface area contributed by atoms with Crippen molar-refractivity contribution in [1.82, 2.24) is 10.2 Å². The molecule has 0 bridgehead atoms. The molecule has 0 radical (unpaired) electrons. The van der Waals surface area contributed by atoms with E-state index < -0.39 is 28.5 Å². The molecule has 1 N–H and O–H groups in total. The maximum Gasteiger partial charge on any atom is 0.264 e. The summed E-state index contributed by atoms with van der Waals surface area (Å²) in [5.74, 6) is -0.830. The summed E-state index contributed by atoms with van der Waals surface area (Å²) in [5.41, 5.74) is 3.51. The van der Waals surface area contributed by atoms with Gasteiger partial charge in [-0.25, -0.2) is 8.42 Å². The number of sulfonamides is 1. The highest BCUT2D eigenvalue weighted by Gasteiger charge is 2.34. The van der Waals surface area contributed by atoms with Gasteiger partial charge in [0.1, 0.15) is 12.6 Å². The van der Waals surface area contributed by atoms with Gasteiger partial charge in [0.05, 0.1) is 20.6 Å². The Balaban J connectivity index is 2.12. The smallest absolute Gasteiger partial charge is 0.264 e. The number of halogens is 2. The molecular weight excluding hydrogens is 593 g/mol. The molecule has 0 saturated carbocycles. The Labute approximate surface area is 259 Å². The highest BCUT2D eigenvalue weighted by molar-refractivity contribution is 7.92. The van der Waals surface area contributed by atoms with Crippen LogP contribution in [0, 0.1) is 20.8 Å². The maximum atomic E-state index is 14.3. The second kappa shape index (κ2) is 14.4. The molecule has 226 valence electrons. The molecule has 0 fully saturated rings. The lowest BCUT2D eigenvalue weighted by Gasteiger charge is -2.34. The maximum absolute atomic E-state index is 14.3. The molecule has 10 heteroatoms. The first-order valence-corrected chi connectivity index (χ1v) is 16.2. The van der Waals surface area contributed by atoms with Crippen LogP contribution in [0.2, 0.25) is 10.0 Å². The van der Waals surface area contributed by atoms with Crippen molar-refractivity contribution in [1.29, 1.82) is 0 Å². The topological polar surface area (TPSA) is 86.8 Å². The molecule has 3 aromatic rings. The predicted molar refractivity (Wildman–Crippen MR) is 171 cm³/mol. The van der Waals surface area contributed by atoms with Crippen molar-refractivity contribution < 1.29 is 18.0 Å². The van der Waals surface area contributed by atoms with E-state index in [4.69, 9.17) is 23.2 Å². The fourth-order valence-corrected chi connectivity index (χ4v) is 6.33. The van der Waals surface area contributed by atoms with Gasteiger partial charge in [0.2, 0.25) is 11.8 Å².